The van der Waals surface area contributed by atoms with E-state index in [1.807, 2.05) is 71.9 Å². The van der Waals surface area contributed by atoms with Crippen molar-refractivity contribution in [1.29, 1.82) is 5.26 Å². The zero-order chi connectivity index (χ0) is 27.8. The number of nitro benzene ring substituents is 1. The third-order valence-corrected chi connectivity index (χ3v) is 5.84. The number of benzene rings is 2. The highest BCUT2D eigenvalue weighted by molar-refractivity contribution is 5.66. The molecule has 0 saturated carbocycles. The molecule has 0 spiro atoms. The second-order valence-corrected chi connectivity index (χ2v) is 10.9. The fraction of sp³-hybridized carbons (Fsp3) is 0.296. The van der Waals surface area contributed by atoms with Gasteiger partial charge in [0.1, 0.15) is 11.6 Å². The van der Waals surface area contributed by atoms with E-state index in [-0.39, 0.29) is 17.1 Å². The van der Waals surface area contributed by atoms with Gasteiger partial charge in [0.15, 0.2) is 17.3 Å². The fourth-order valence-corrected chi connectivity index (χ4v) is 3.92. The van der Waals surface area contributed by atoms with Crippen LogP contribution >= 0.6 is 0 Å². The Hall–Kier alpha value is -4.85. The number of nitrogen functional groups attached to an aromatic ring is 1. The van der Waals surface area contributed by atoms with Crippen LogP contribution in [0.15, 0.2) is 64.8 Å². The average Bonchev–Trinajstić information content (AvgIpc) is 3.41. The molecule has 0 unspecified atom stereocenters. The molecule has 0 saturated heterocycles. The van der Waals surface area contributed by atoms with Crippen LogP contribution in [0.5, 0.6) is 0 Å². The minimum Gasteiger partial charge on any atom is -0.382 e. The number of aromatic nitrogens is 4. The summed E-state index contributed by atoms with van der Waals surface area (Å²) in [7, 11) is 0. The molecular weight excluding hydrogens is 482 g/mol. The standard InChI is InChI=1S/C27H29N9O2/c1-26(2,3)22-20(16-28)25(35(32-22)18-12-14-19(15-13-18)36(37)38)31-30-21-23(27(4,5)6)33-34(24(21)29)17-10-8-7-9-11-17/h7-15H,29H2,1-6H3/b31-30+. The first-order chi connectivity index (χ1) is 17.8. The summed E-state index contributed by atoms with van der Waals surface area (Å²) in [4.78, 5) is 10.7. The molecule has 0 amide bonds. The quantitative estimate of drug-likeness (QED) is 0.185. The summed E-state index contributed by atoms with van der Waals surface area (Å²) in [6.45, 7) is 11.8. The van der Waals surface area contributed by atoms with Gasteiger partial charge in [-0.2, -0.15) is 15.5 Å². The second kappa shape index (κ2) is 9.55. The highest BCUT2D eigenvalue weighted by Gasteiger charge is 2.30. The van der Waals surface area contributed by atoms with Crippen LogP contribution in [0.2, 0.25) is 0 Å². The van der Waals surface area contributed by atoms with E-state index in [2.05, 4.69) is 21.4 Å². The third kappa shape index (κ3) is 4.88. The van der Waals surface area contributed by atoms with Crippen molar-refractivity contribution in [3.8, 4) is 17.4 Å². The van der Waals surface area contributed by atoms with Gasteiger partial charge >= 0.3 is 0 Å². The van der Waals surface area contributed by atoms with Crippen molar-refractivity contribution in [2.75, 3.05) is 5.73 Å². The van der Waals surface area contributed by atoms with Crippen LogP contribution in [0, 0.1) is 21.4 Å². The number of nitro groups is 1. The zero-order valence-corrected chi connectivity index (χ0v) is 22.2. The van der Waals surface area contributed by atoms with E-state index in [0.29, 0.717) is 28.6 Å². The number of nitriles is 1. The van der Waals surface area contributed by atoms with Crippen molar-refractivity contribution < 1.29 is 4.92 Å². The molecule has 0 fully saturated rings. The van der Waals surface area contributed by atoms with Gasteiger partial charge in [-0.1, -0.05) is 59.7 Å². The summed E-state index contributed by atoms with van der Waals surface area (Å²) >= 11 is 0. The largest absolute Gasteiger partial charge is 0.382 e. The maximum atomic E-state index is 11.1. The van der Waals surface area contributed by atoms with Gasteiger partial charge in [0.05, 0.1) is 27.7 Å². The van der Waals surface area contributed by atoms with Crippen molar-refractivity contribution >= 4 is 23.0 Å². The van der Waals surface area contributed by atoms with E-state index in [4.69, 9.17) is 10.8 Å². The zero-order valence-electron chi connectivity index (χ0n) is 22.2. The number of para-hydroxylation sites is 1. The van der Waals surface area contributed by atoms with Crippen LogP contribution < -0.4 is 5.73 Å². The molecule has 0 bridgehead atoms. The Labute approximate surface area is 220 Å². The number of azo groups is 1. The molecule has 2 heterocycles. The maximum Gasteiger partial charge on any atom is 0.269 e. The Kier molecular flexibility index (Phi) is 6.59. The SMILES string of the molecule is CC(C)(C)c1nn(-c2ccc([N+](=O)[O-])cc2)c(/N=N/c2c(C(C)(C)C)nn(-c3ccccc3)c2N)c1C#N. The molecule has 4 rings (SSSR count). The summed E-state index contributed by atoms with van der Waals surface area (Å²) < 4.78 is 3.09. The average molecular weight is 512 g/mol. The molecular formula is C27H29N9O2. The van der Waals surface area contributed by atoms with Gasteiger partial charge < -0.3 is 5.73 Å². The van der Waals surface area contributed by atoms with Crippen molar-refractivity contribution in [3.05, 3.63) is 81.7 Å². The lowest BCUT2D eigenvalue weighted by atomic mass is 9.90. The molecule has 0 radical (unpaired) electrons. The van der Waals surface area contributed by atoms with Crippen molar-refractivity contribution in [3.63, 3.8) is 0 Å². The molecule has 4 aromatic rings. The molecule has 0 aliphatic rings. The number of rotatable bonds is 5. The summed E-state index contributed by atoms with van der Waals surface area (Å²) in [5.41, 5.74) is 8.67. The minimum atomic E-state index is -0.477. The highest BCUT2D eigenvalue weighted by atomic mass is 16.6. The molecule has 0 atom stereocenters. The van der Waals surface area contributed by atoms with Gasteiger partial charge in [-0.05, 0) is 24.3 Å². The Bertz CT molecular complexity index is 1560. The molecule has 0 aliphatic carbocycles. The summed E-state index contributed by atoms with van der Waals surface area (Å²) in [5, 5.41) is 39.7. The second-order valence-electron chi connectivity index (χ2n) is 10.9. The highest BCUT2D eigenvalue weighted by Crippen LogP contribution is 2.39. The van der Waals surface area contributed by atoms with Gasteiger partial charge in [0.25, 0.3) is 5.69 Å². The first kappa shape index (κ1) is 26.2. The van der Waals surface area contributed by atoms with E-state index in [0.717, 1.165) is 5.69 Å². The summed E-state index contributed by atoms with van der Waals surface area (Å²) in [6.07, 6.45) is 0. The number of nitrogens with zero attached hydrogens (tertiary/aromatic N) is 8. The van der Waals surface area contributed by atoms with E-state index in [9.17, 15) is 15.4 Å². The van der Waals surface area contributed by atoms with Crippen LogP contribution in [-0.2, 0) is 10.8 Å². The van der Waals surface area contributed by atoms with Gasteiger partial charge in [-0.3, -0.25) is 10.1 Å². The van der Waals surface area contributed by atoms with Gasteiger partial charge in [0, 0.05) is 23.0 Å². The van der Waals surface area contributed by atoms with Crippen LogP contribution in [0.3, 0.4) is 0 Å². The predicted octanol–water partition coefficient (Wildman–Crippen LogP) is 6.43. The predicted molar refractivity (Wildman–Crippen MR) is 144 cm³/mol. The molecule has 11 nitrogen and oxygen atoms in total. The van der Waals surface area contributed by atoms with Gasteiger partial charge in [-0.15, -0.1) is 10.2 Å². The Morgan fingerprint density at radius 1 is 0.868 bits per heavy atom. The first-order valence-electron chi connectivity index (χ1n) is 12.0. The number of nitrogens with two attached hydrogens (primary N) is 1. The molecule has 2 N–H and O–H groups in total. The van der Waals surface area contributed by atoms with Gasteiger partial charge in [-0.25, -0.2) is 9.36 Å². The van der Waals surface area contributed by atoms with Crippen molar-refractivity contribution in [1.82, 2.24) is 19.6 Å². The van der Waals surface area contributed by atoms with Gasteiger partial charge in [0.2, 0.25) is 0 Å². The lowest BCUT2D eigenvalue weighted by Crippen LogP contribution is -2.14. The fourth-order valence-electron chi connectivity index (χ4n) is 3.92. The lowest BCUT2D eigenvalue weighted by molar-refractivity contribution is -0.384. The maximum absolute atomic E-state index is 11.1. The van der Waals surface area contributed by atoms with Crippen LogP contribution in [-0.4, -0.2) is 24.5 Å². The van der Waals surface area contributed by atoms with E-state index in [1.54, 1.807) is 16.8 Å². The number of non-ortho nitro benzene ring substituents is 1. The first-order valence-corrected chi connectivity index (χ1v) is 12.0. The summed E-state index contributed by atoms with van der Waals surface area (Å²) in [6, 6.07) is 17.6. The number of hydrogen-bond acceptors (Lipinski definition) is 8. The van der Waals surface area contributed by atoms with Crippen LogP contribution in [0.4, 0.5) is 23.0 Å². The molecule has 11 heteroatoms. The molecule has 0 aliphatic heterocycles. The topological polar surface area (TPSA) is 153 Å². The minimum absolute atomic E-state index is 0.0587. The third-order valence-electron chi connectivity index (χ3n) is 5.84. The van der Waals surface area contributed by atoms with Crippen molar-refractivity contribution in [2.24, 2.45) is 10.2 Å². The van der Waals surface area contributed by atoms with E-state index >= 15 is 0 Å². The summed E-state index contributed by atoms with van der Waals surface area (Å²) in [5.74, 6) is 0.499. The molecule has 2 aromatic carbocycles. The molecule has 2 aromatic heterocycles. The normalized spacial score (nSPS) is 12.1. The van der Waals surface area contributed by atoms with Crippen molar-refractivity contribution in [2.45, 2.75) is 52.4 Å². The smallest absolute Gasteiger partial charge is 0.269 e. The number of anilines is 1. The number of hydrogen-bond donors (Lipinski definition) is 1. The monoisotopic (exact) mass is 511 g/mol. The van der Waals surface area contributed by atoms with Crippen LogP contribution in [0.1, 0.15) is 58.5 Å². The molecule has 194 valence electrons. The Morgan fingerprint density at radius 3 is 1.95 bits per heavy atom. The Balaban J connectivity index is 1.93. The molecule has 38 heavy (non-hydrogen) atoms. The van der Waals surface area contributed by atoms with E-state index < -0.39 is 15.8 Å². The lowest BCUT2D eigenvalue weighted by Gasteiger charge is -2.15. The Morgan fingerprint density at radius 2 is 1.42 bits per heavy atom. The van der Waals surface area contributed by atoms with E-state index in [1.165, 1.54) is 16.8 Å². The van der Waals surface area contributed by atoms with Crippen LogP contribution in [0.25, 0.3) is 11.4 Å².